The lowest BCUT2D eigenvalue weighted by Crippen LogP contribution is -2.41. The summed E-state index contributed by atoms with van der Waals surface area (Å²) in [6.07, 6.45) is 1.11. The number of piperidine rings is 1. The molecule has 0 spiro atoms. The molecule has 0 aromatic carbocycles. The highest BCUT2D eigenvalue weighted by Crippen LogP contribution is 2.16. The molecular weight excluding hydrogens is 280 g/mol. The van der Waals surface area contributed by atoms with E-state index in [0.717, 1.165) is 0 Å². The average Bonchev–Trinajstić information content (AvgIpc) is 2.94. The Hall–Kier alpha value is -1.93. The maximum absolute atomic E-state index is 12.2. The Bertz CT molecular complexity index is 493. The van der Waals surface area contributed by atoms with Gasteiger partial charge in [0.1, 0.15) is 13.2 Å². The third kappa shape index (κ3) is 4.27. The molecule has 1 amide bonds. The van der Waals surface area contributed by atoms with Crippen LogP contribution in [0.2, 0.25) is 0 Å². The minimum Gasteiger partial charge on any atom is -0.480 e. The normalized spacial score (nSPS) is 16.1. The zero-order valence-corrected chi connectivity index (χ0v) is 11.8. The van der Waals surface area contributed by atoms with Crippen LogP contribution >= 0.6 is 0 Å². The molecule has 8 heteroatoms. The van der Waals surface area contributed by atoms with Gasteiger partial charge in [0.25, 0.3) is 5.91 Å². The molecule has 116 valence electrons. The molecule has 1 aliphatic rings. The number of methoxy groups -OCH3 is 1. The van der Waals surface area contributed by atoms with Crippen LogP contribution in [0, 0.1) is 0 Å². The predicted octanol–water partition coefficient (Wildman–Crippen LogP) is 0.527. The van der Waals surface area contributed by atoms with Gasteiger partial charge < -0.3 is 24.0 Å². The van der Waals surface area contributed by atoms with Crippen molar-refractivity contribution < 1.29 is 28.7 Å². The highest BCUT2D eigenvalue weighted by molar-refractivity contribution is 5.92. The first-order valence-electron chi connectivity index (χ1n) is 6.67. The number of amides is 1. The molecule has 0 unspecified atom stereocenters. The number of hydrogen-bond donors (Lipinski definition) is 1. The van der Waals surface area contributed by atoms with Gasteiger partial charge in [0.05, 0.1) is 6.10 Å². The second-order valence-electron chi connectivity index (χ2n) is 4.81. The number of nitrogens with zero attached hydrogens (tertiary/aromatic N) is 2. The van der Waals surface area contributed by atoms with E-state index in [-0.39, 0.29) is 30.9 Å². The van der Waals surface area contributed by atoms with Crippen LogP contribution in [-0.4, -0.2) is 59.9 Å². The van der Waals surface area contributed by atoms with Crippen LogP contribution in [0.5, 0.6) is 0 Å². The van der Waals surface area contributed by atoms with E-state index in [9.17, 15) is 9.59 Å². The zero-order valence-electron chi connectivity index (χ0n) is 11.8. The Kier molecular flexibility index (Phi) is 5.29. The van der Waals surface area contributed by atoms with Crippen LogP contribution in [0.4, 0.5) is 0 Å². The largest absolute Gasteiger partial charge is 0.480 e. The summed E-state index contributed by atoms with van der Waals surface area (Å²) in [6.45, 7) is 0.985. The lowest BCUT2D eigenvalue weighted by molar-refractivity contribution is -0.145. The van der Waals surface area contributed by atoms with Crippen molar-refractivity contribution in [2.75, 3.05) is 26.8 Å². The fourth-order valence-electron chi connectivity index (χ4n) is 2.20. The molecule has 2 heterocycles. The Morgan fingerprint density at radius 2 is 2.19 bits per heavy atom. The second-order valence-corrected chi connectivity index (χ2v) is 4.81. The van der Waals surface area contributed by atoms with Gasteiger partial charge in [-0.3, -0.25) is 4.79 Å². The van der Waals surface area contributed by atoms with Crippen molar-refractivity contribution in [2.45, 2.75) is 25.6 Å². The first kappa shape index (κ1) is 15.5. The van der Waals surface area contributed by atoms with E-state index in [1.54, 1.807) is 11.0 Å². The molecule has 0 atom stereocenters. The molecule has 1 aliphatic heterocycles. The van der Waals surface area contributed by atoms with E-state index in [0.29, 0.717) is 31.7 Å². The Morgan fingerprint density at radius 3 is 2.81 bits per heavy atom. The molecule has 21 heavy (non-hydrogen) atoms. The smallest absolute Gasteiger partial charge is 0.329 e. The predicted molar refractivity (Wildman–Crippen MR) is 69.7 cm³/mol. The maximum Gasteiger partial charge on any atom is 0.329 e. The van der Waals surface area contributed by atoms with Crippen LogP contribution in [0.15, 0.2) is 10.6 Å². The molecule has 0 radical (unpaired) electrons. The number of hydrogen-bond acceptors (Lipinski definition) is 6. The van der Waals surface area contributed by atoms with Gasteiger partial charge in [-0.1, -0.05) is 5.16 Å². The van der Waals surface area contributed by atoms with Crippen LogP contribution < -0.4 is 0 Å². The monoisotopic (exact) mass is 298 g/mol. The molecule has 1 aromatic rings. The summed E-state index contributed by atoms with van der Waals surface area (Å²) in [5, 5.41) is 12.3. The molecule has 1 saturated heterocycles. The van der Waals surface area contributed by atoms with E-state index in [2.05, 4.69) is 5.16 Å². The molecule has 0 bridgehead atoms. The highest BCUT2D eigenvalue weighted by atomic mass is 16.5. The van der Waals surface area contributed by atoms with E-state index in [1.165, 1.54) is 7.11 Å². The van der Waals surface area contributed by atoms with Gasteiger partial charge in [-0.15, -0.1) is 0 Å². The Morgan fingerprint density at radius 1 is 1.48 bits per heavy atom. The average molecular weight is 298 g/mol. The topological polar surface area (TPSA) is 102 Å². The van der Waals surface area contributed by atoms with E-state index in [4.69, 9.17) is 19.1 Å². The summed E-state index contributed by atoms with van der Waals surface area (Å²) in [5.41, 5.74) is 0.256. The van der Waals surface area contributed by atoms with Crippen molar-refractivity contribution in [1.29, 1.82) is 0 Å². The third-order valence-corrected chi connectivity index (χ3v) is 3.24. The minimum absolute atomic E-state index is 0.119. The maximum atomic E-state index is 12.2. The summed E-state index contributed by atoms with van der Waals surface area (Å²) in [4.78, 5) is 24.3. The summed E-state index contributed by atoms with van der Waals surface area (Å²) < 4.78 is 15.1. The van der Waals surface area contributed by atoms with E-state index >= 15 is 0 Å². The number of aromatic nitrogens is 1. The molecule has 1 N–H and O–H groups in total. The number of ether oxygens (including phenoxy) is 2. The van der Waals surface area contributed by atoms with Gasteiger partial charge in [0.15, 0.2) is 11.5 Å². The summed E-state index contributed by atoms with van der Waals surface area (Å²) in [7, 11) is 1.53. The van der Waals surface area contributed by atoms with Gasteiger partial charge in [0, 0.05) is 26.3 Å². The number of rotatable bonds is 6. The fourth-order valence-corrected chi connectivity index (χ4v) is 2.20. The van der Waals surface area contributed by atoms with Gasteiger partial charge in [0.2, 0.25) is 0 Å². The van der Waals surface area contributed by atoms with Crippen molar-refractivity contribution in [3.05, 3.63) is 17.5 Å². The summed E-state index contributed by atoms with van der Waals surface area (Å²) >= 11 is 0. The molecule has 1 aromatic heterocycles. The second kappa shape index (κ2) is 7.19. The lowest BCUT2D eigenvalue weighted by atomic mass is 10.1. The zero-order chi connectivity index (χ0) is 15.2. The lowest BCUT2D eigenvalue weighted by Gasteiger charge is -2.31. The highest BCUT2D eigenvalue weighted by Gasteiger charge is 2.26. The Labute approximate surface area is 121 Å². The molecule has 2 rings (SSSR count). The van der Waals surface area contributed by atoms with Crippen LogP contribution in [-0.2, 0) is 20.9 Å². The van der Waals surface area contributed by atoms with Gasteiger partial charge in [-0.25, -0.2) is 4.79 Å². The van der Waals surface area contributed by atoms with E-state index in [1.807, 2.05) is 0 Å². The number of carbonyl (C=O) groups excluding carboxylic acids is 1. The van der Waals surface area contributed by atoms with Crippen molar-refractivity contribution >= 4 is 11.9 Å². The SMILES string of the molecule is COCc1cc(C(=O)N2CCC(OCC(=O)O)CC2)no1. The van der Waals surface area contributed by atoms with E-state index < -0.39 is 5.97 Å². The summed E-state index contributed by atoms with van der Waals surface area (Å²) in [6, 6.07) is 1.57. The van der Waals surface area contributed by atoms with Crippen molar-refractivity contribution in [3.8, 4) is 0 Å². The number of likely N-dealkylation sites (tertiary alicyclic amines) is 1. The van der Waals surface area contributed by atoms with Crippen molar-refractivity contribution in [3.63, 3.8) is 0 Å². The van der Waals surface area contributed by atoms with Crippen molar-refractivity contribution in [2.24, 2.45) is 0 Å². The molecule has 0 saturated carbocycles. The fraction of sp³-hybridized carbons (Fsp3) is 0.615. The number of aliphatic carboxylic acids is 1. The summed E-state index contributed by atoms with van der Waals surface area (Å²) in [5.74, 6) is -0.680. The molecule has 0 aliphatic carbocycles. The van der Waals surface area contributed by atoms with Gasteiger partial charge in [-0.05, 0) is 12.8 Å². The first-order valence-corrected chi connectivity index (χ1v) is 6.67. The third-order valence-electron chi connectivity index (χ3n) is 3.24. The Balaban J connectivity index is 1.83. The minimum atomic E-state index is -0.984. The van der Waals surface area contributed by atoms with Crippen LogP contribution in [0.1, 0.15) is 29.1 Å². The molecule has 8 nitrogen and oxygen atoms in total. The number of carboxylic acids is 1. The van der Waals surface area contributed by atoms with Gasteiger partial charge >= 0.3 is 5.97 Å². The quantitative estimate of drug-likeness (QED) is 0.817. The molecular formula is C13H18N2O6. The first-order chi connectivity index (χ1) is 10.1. The number of carbonyl (C=O) groups is 2. The standard InChI is InChI=1S/C13H18N2O6/c1-19-7-10-6-11(14-21-10)13(18)15-4-2-9(3-5-15)20-8-12(16)17/h6,9H,2-5,7-8H2,1H3,(H,16,17). The van der Waals surface area contributed by atoms with Crippen molar-refractivity contribution in [1.82, 2.24) is 10.1 Å². The molecule has 1 fully saturated rings. The van der Waals surface area contributed by atoms with Crippen LogP contribution in [0.25, 0.3) is 0 Å². The van der Waals surface area contributed by atoms with Crippen LogP contribution in [0.3, 0.4) is 0 Å². The number of carboxylic acid groups (broad SMARTS) is 1. The van der Waals surface area contributed by atoms with Gasteiger partial charge in [-0.2, -0.15) is 0 Å².